The van der Waals surface area contributed by atoms with E-state index in [4.69, 9.17) is 4.98 Å². The van der Waals surface area contributed by atoms with Crippen molar-refractivity contribution in [1.29, 1.82) is 0 Å². The maximum Gasteiger partial charge on any atom is 0.433 e. The van der Waals surface area contributed by atoms with E-state index in [2.05, 4.69) is 30.7 Å². The Kier molecular flexibility index (Phi) is 10.3. The molecule has 4 amide bonds. The molecule has 1 saturated carbocycles. The largest absolute Gasteiger partial charge is 0.433 e. The van der Waals surface area contributed by atoms with Crippen LogP contribution >= 0.6 is 11.3 Å². The van der Waals surface area contributed by atoms with Crippen molar-refractivity contribution in [2.75, 3.05) is 54.8 Å². The number of aliphatic hydroxyl groups excluding tert-OH is 1. The quantitative estimate of drug-likeness (QED) is 0.129. The molecule has 2 aromatic heterocycles. The van der Waals surface area contributed by atoms with Crippen LogP contribution in [0.2, 0.25) is 0 Å². The number of aromatic nitrogens is 2. The predicted molar refractivity (Wildman–Crippen MR) is 221 cm³/mol. The van der Waals surface area contributed by atoms with Gasteiger partial charge in [0.15, 0.2) is 5.13 Å². The Balaban J connectivity index is 0.752. The van der Waals surface area contributed by atoms with Crippen LogP contribution in [0, 0.1) is 17.3 Å². The summed E-state index contributed by atoms with van der Waals surface area (Å²) in [5.41, 5.74) is -0.0594. The summed E-state index contributed by atoms with van der Waals surface area (Å²) in [4.78, 5) is 65.8. The van der Waals surface area contributed by atoms with Crippen LogP contribution in [0.25, 0.3) is 10.2 Å². The monoisotopic (exact) mass is 860 g/mol. The fourth-order valence-electron chi connectivity index (χ4n) is 9.79. The molecule has 4 aliphatic heterocycles. The number of carbonyl (C=O) groups excluding carboxylic acids is 4. The molecule has 4 aromatic rings. The molecule has 3 saturated heterocycles. The Morgan fingerprint density at radius 2 is 1.72 bits per heavy atom. The normalized spacial score (nSPS) is 22.3. The van der Waals surface area contributed by atoms with Crippen LogP contribution in [-0.2, 0) is 16.6 Å². The molecule has 2 unspecified atom stereocenters. The van der Waals surface area contributed by atoms with Crippen molar-refractivity contribution in [2.24, 2.45) is 17.3 Å². The molecule has 2 aromatic carbocycles. The summed E-state index contributed by atoms with van der Waals surface area (Å²) < 4.78 is 40.5. The number of alkyl halides is 3. The maximum absolute atomic E-state index is 13.5. The van der Waals surface area contributed by atoms with Crippen molar-refractivity contribution in [3.05, 3.63) is 76.6 Å². The number of benzene rings is 2. The Morgan fingerprint density at radius 1 is 0.984 bits per heavy atom. The number of likely N-dealkylation sites (tertiary alicyclic amines) is 1. The fourth-order valence-corrected chi connectivity index (χ4v) is 10.8. The second-order valence-electron chi connectivity index (χ2n) is 17.8. The summed E-state index contributed by atoms with van der Waals surface area (Å²) in [6.45, 7) is 8.61. The lowest BCUT2D eigenvalue weighted by molar-refractivity contribution is -0.141. The van der Waals surface area contributed by atoms with Gasteiger partial charge in [0.05, 0.1) is 33.0 Å². The number of thiazole rings is 1. The molecule has 61 heavy (non-hydrogen) atoms. The lowest BCUT2D eigenvalue weighted by Crippen LogP contribution is -2.57. The van der Waals surface area contributed by atoms with E-state index in [1.54, 1.807) is 38.1 Å². The van der Waals surface area contributed by atoms with Crippen molar-refractivity contribution < 1.29 is 42.6 Å². The van der Waals surface area contributed by atoms with Gasteiger partial charge in [-0.2, -0.15) is 13.2 Å². The van der Waals surface area contributed by atoms with E-state index < -0.39 is 47.5 Å². The summed E-state index contributed by atoms with van der Waals surface area (Å²) >= 11 is 1.46. The van der Waals surface area contributed by atoms with E-state index in [0.717, 1.165) is 85.3 Å². The molecule has 0 bridgehead atoms. The van der Waals surface area contributed by atoms with Crippen molar-refractivity contribution >= 4 is 61.7 Å². The Morgan fingerprint density at radius 3 is 2.43 bits per heavy atom. The van der Waals surface area contributed by atoms with Crippen LogP contribution in [0.15, 0.2) is 48.5 Å². The second kappa shape index (κ2) is 15.3. The topological polar surface area (TPSA) is 180 Å². The van der Waals surface area contributed by atoms with Crippen LogP contribution < -0.4 is 20.9 Å². The number of rotatable bonds is 10. The molecule has 5 N–H and O–H groups in total. The van der Waals surface area contributed by atoms with E-state index in [9.17, 15) is 42.6 Å². The summed E-state index contributed by atoms with van der Waals surface area (Å²) in [6, 6.07) is 11.0. The number of pyridine rings is 1. The third-order valence-electron chi connectivity index (χ3n) is 13.0. The Labute approximate surface area is 353 Å². The SMILES string of the molecule is CC(C)(O)c1cc2nc(N3CC(CN4CCC5(CC4)CC(CNc4cccc6c4C(=O)N(C4CCC(=O)NC4O)C6=O)C5)C3)sc2cc1NC(=O)c1cccc(C(F)(F)F)n1. The van der Waals surface area contributed by atoms with Crippen LogP contribution in [0.4, 0.5) is 29.7 Å². The number of nitrogens with one attached hydrogen (secondary N) is 3. The molecule has 322 valence electrons. The van der Waals surface area contributed by atoms with E-state index in [-0.39, 0.29) is 30.1 Å². The van der Waals surface area contributed by atoms with E-state index in [1.807, 2.05) is 6.07 Å². The zero-order valence-corrected chi connectivity index (χ0v) is 34.5. The molecule has 2 atom stereocenters. The van der Waals surface area contributed by atoms with Crippen molar-refractivity contribution in [2.45, 2.75) is 76.4 Å². The number of fused-ring (bicyclic) bond motifs is 2. The molecular formula is C43H47F3N8O6S. The summed E-state index contributed by atoms with van der Waals surface area (Å²) in [5.74, 6) is -1.10. The minimum atomic E-state index is -4.70. The molecule has 6 heterocycles. The highest BCUT2D eigenvalue weighted by Gasteiger charge is 2.48. The van der Waals surface area contributed by atoms with Crippen molar-refractivity contribution in [1.82, 2.24) is 25.1 Å². The van der Waals surface area contributed by atoms with Crippen LogP contribution in [0.3, 0.4) is 0 Å². The molecule has 18 heteroatoms. The number of imide groups is 1. The molecule has 5 aliphatic rings. The molecule has 4 fully saturated rings. The van der Waals surface area contributed by atoms with E-state index >= 15 is 0 Å². The summed E-state index contributed by atoms with van der Waals surface area (Å²) in [6.07, 6.45) is -1.18. The number of nitrogens with zero attached hydrogens (tertiary/aromatic N) is 5. The van der Waals surface area contributed by atoms with Crippen LogP contribution in [0.5, 0.6) is 0 Å². The molecule has 14 nitrogen and oxygen atoms in total. The zero-order valence-electron chi connectivity index (χ0n) is 33.7. The minimum Gasteiger partial charge on any atom is -0.386 e. The van der Waals surface area contributed by atoms with Gasteiger partial charge in [-0.3, -0.25) is 24.1 Å². The molecule has 0 radical (unpaired) electrons. The first-order chi connectivity index (χ1) is 28.9. The van der Waals surface area contributed by atoms with Gasteiger partial charge in [0.25, 0.3) is 17.7 Å². The number of hydrogen-bond acceptors (Lipinski definition) is 12. The lowest BCUT2D eigenvalue weighted by atomic mass is 9.57. The minimum absolute atomic E-state index is 0.132. The highest BCUT2D eigenvalue weighted by Crippen LogP contribution is 2.53. The molecule has 1 spiro atoms. The van der Waals surface area contributed by atoms with Gasteiger partial charge in [-0.25, -0.2) is 9.97 Å². The van der Waals surface area contributed by atoms with E-state index in [0.29, 0.717) is 51.7 Å². The standard InChI is InChI=1S/C43H47F3N8O6S/c1-41(2,60)26-15-30-32(16-29(26)49-36(56)28-7-4-8-33(48-28)43(44,45)46)61-40(50-30)53-21-24(22-53)20-52-13-11-42(12-14-52)17-23(18-42)19-47-27-6-3-5-25-35(27)39(59)54(38(25)58)31-9-10-34(55)51-37(31)57/h3-8,15-16,23-24,31,37,47,57,60H,9-14,17-22H2,1-2H3,(H,49,56)(H,51,55). The van der Waals surface area contributed by atoms with Gasteiger partial charge in [-0.1, -0.05) is 23.5 Å². The van der Waals surface area contributed by atoms with Gasteiger partial charge >= 0.3 is 6.18 Å². The number of aliphatic hydroxyl groups is 2. The number of hydrogen-bond donors (Lipinski definition) is 5. The number of carbonyl (C=O) groups is 4. The number of halogens is 3. The first-order valence-corrected chi connectivity index (χ1v) is 21.5. The van der Waals surface area contributed by atoms with Gasteiger partial charge in [0.2, 0.25) is 5.91 Å². The first-order valence-electron chi connectivity index (χ1n) is 20.7. The average Bonchev–Trinajstić information content (AvgIpc) is 3.71. The van der Waals surface area contributed by atoms with Crippen LogP contribution in [-0.4, -0.2) is 105 Å². The van der Waals surface area contributed by atoms with Gasteiger partial charge in [-0.15, -0.1) is 0 Å². The van der Waals surface area contributed by atoms with Gasteiger partial charge < -0.3 is 36.0 Å². The smallest absolute Gasteiger partial charge is 0.386 e. The third kappa shape index (κ3) is 7.94. The van der Waals surface area contributed by atoms with Gasteiger partial charge in [0.1, 0.15) is 17.6 Å². The van der Waals surface area contributed by atoms with Gasteiger partial charge in [-0.05, 0) is 107 Å². The highest BCUT2D eigenvalue weighted by atomic mass is 32.1. The summed E-state index contributed by atoms with van der Waals surface area (Å²) in [5, 5.41) is 30.8. The van der Waals surface area contributed by atoms with Crippen molar-refractivity contribution in [3.8, 4) is 0 Å². The number of piperidine rings is 2. The molecule has 1 aliphatic carbocycles. The average molecular weight is 861 g/mol. The molecule has 9 rings (SSSR count). The van der Waals surface area contributed by atoms with Crippen LogP contribution in [0.1, 0.15) is 94.8 Å². The zero-order chi connectivity index (χ0) is 43.0. The molecular weight excluding hydrogens is 814 g/mol. The predicted octanol–water partition coefficient (Wildman–Crippen LogP) is 5.42. The lowest BCUT2D eigenvalue weighted by Gasteiger charge is -2.53. The van der Waals surface area contributed by atoms with Crippen molar-refractivity contribution in [3.63, 3.8) is 0 Å². The Bertz CT molecular complexity index is 2410. The number of amides is 4. The number of anilines is 3. The Hall–Kier alpha value is -5.17. The maximum atomic E-state index is 13.5. The summed E-state index contributed by atoms with van der Waals surface area (Å²) in [7, 11) is 0. The third-order valence-corrected chi connectivity index (χ3v) is 14.1. The van der Waals surface area contributed by atoms with E-state index in [1.165, 1.54) is 17.4 Å². The van der Waals surface area contributed by atoms with Gasteiger partial charge in [0, 0.05) is 55.5 Å². The highest BCUT2D eigenvalue weighted by molar-refractivity contribution is 7.22. The fraction of sp³-hybridized carbons (Fsp3) is 0.488. The second-order valence-corrected chi connectivity index (χ2v) is 18.8. The first kappa shape index (κ1) is 41.2.